The van der Waals surface area contributed by atoms with Gasteiger partial charge in [-0.1, -0.05) is 18.7 Å². The molecule has 0 aromatic carbocycles. The minimum atomic E-state index is -0.351. The van der Waals surface area contributed by atoms with Gasteiger partial charge in [0.2, 0.25) is 5.91 Å². The molecule has 2 aromatic heterocycles. The quantitative estimate of drug-likeness (QED) is 0.599. The van der Waals surface area contributed by atoms with E-state index in [9.17, 15) is 9.59 Å². The number of aromatic nitrogens is 3. The zero-order chi connectivity index (χ0) is 18.7. The third-order valence-corrected chi connectivity index (χ3v) is 6.45. The Balaban J connectivity index is 1.76. The normalized spacial score (nSPS) is 16.2. The molecule has 1 amide bonds. The van der Waals surface area contributed by atoms with Gasteiger partial charge in [0.05, 0.1) is 17.9 Å². The fourth-order valence-electron chi connectivity index (χ4n) is 2.95. The highest BCUT2D eigenvalue weighted by molar-refractivity contribution is 7.99. The average molecular weight is 395 g/mol. The molecule has 0 fully saturated rings. The van der Waals surface area contributed by atoms with E-state index in [-0.39, 0.29) is 17.6 Å². The van der Waals surface area contributed by atoms with Gasteiger partial charge in [0, 0.05) is 11.9 Å². The number of nitrogens with zero attached hydrogens (tertiary/aromatic N) is 3. The molecule has 7 nitrogen and oxygen atoms in total. The van der Waals surface area contributed by atoms with Crippen molar-refractivity contribution in [2.24, 2.45) is 13.0 Å². The third-order valence-electron chi connectivity index (χ3n) is 4.25. The second kappa shape index (κ2) is 8.22. The molecule has 140 valence electrons. The smallest absolute Gasteiger partial charge is 0.341 e. The summed E-state index contributed by atoms with van der Waals surface area (Å²) >= 11 is 2.81. The lowest BCUT2D eigenvalue weighted by atomic mass is 9.88. The molecule has 9 heteroatoms. The SMILES string of the molecule is CCOC(=O)c1c(NC(=O)CSc2nncn2C)sc2c1CC[C@@H](C)C2. The van der Waals surface area contributed by atoms with E-state index in [1.807, 2.05) is 7.05 Å². The van der Waals surface area contributed by atoms with E-state index >= 15 is 0 Å². The van der Waals surface area contributed by atoms with Crippen molar-refractivity contribution in [2.45, 2.75) is 38.3 Å². The van der Waals surface area contributed by atoms with Crippen molar-refractivity contribution in [3.63, 3.8) is 0 Å². The molecule has 1 aliphatic rings. The highest BCUT2D eigenvalue weighted by Gasteiger charge is 2.29. The fourth-order valence-corrected chi connectivity index (χ4v) is 5.06. The lowest BCUT2D eigenvalue weighted by Gasteiger charge is -2.18. The molecule has 2 aromatic rings. The topological polar surface area (TPSA) is 86.1 Å². The van der Waals surface area contributed by atoms with Crippen LogP contribution in [0.2, 0.25) is 0 Å². The van der Waals surface area contributed by atoms with Gasteiger partial charge in [0.25, 0.3) is 0 Å². The van der Waals surface area contributed by atoms with Gasteiger partial charge in [0.1, 0.15) is 11.3 Å². The first-order valence-electron chi connectivity index (χ1n) is 8.57. The van der Waals surface area contributed by atoms with Crippen LogP contribution >= 0.6 is 23.1 Å². The molecule has 0 radical (unpaired) electrons. The van der Waals surface area contributed by atoms with E-state index in [0.717, 1.165) is 24.8 Å². The largest absolute Gasteiger partial charge is 0.462 e. The highest BCUT2D eigenvalue weighted by atomic mass is 32.2. The van der Waals surface area contributed by atoms with Crippen LogP contribution in [0.5, 0.6) is 0 Å². The zero-order valence-corrected chi connectivity index (χ0v) is 16.7. The number of esters is 1. The molecule has 0 saturated carbocycles. The van der Waals surface area contributed by atoms with Crippen molar-refractivity contribution in [3.05, 3.63) is 22.3 Å². The summed E-state index contributed by atoms with van der Waals surface area (Å²) in [5.74, 6) is 0.269. The Hall–Kier alpha value is -1.87. The second-order valence-electron chi connectivity index (χ2n) is 6.34. The lowest BCUT2D eigenvalue weighted by molar-refractivity contribution is -0.113. The number of carbonyl (C=O) groups excluding carboxylic acids is 2. The summed E-state index contributed by atoms with van der Waals surface area (Å²) in [6.07, 6.45) is 4.43. The standard InChI is InChI=1S/C17H22N4O3S2/c1-4-24-16(23)14-11-6-5-10(2)7-12(11)26-15(14)19-13(22)8-25-17-20-18-9-21(17)3/h9-10H,4-8H2,1-3H3,(H,19,22)/t10-/m1/s1. The number of rotatable bonds is 6. The molecular formula is C17H22N4O3S2. The van der Waals surface area contributed by atoms with Gasteiger partial charge < -0.3 is 14.6 Å². The molecular weight excluding hydrogens is 372 g/mol. The summed E-state index contributed by atoms with van der Waals surface area (Å²) in [5.41, 5.74) is 1.58. The van der Waals surface area contributed by atoms with E-state index in [2.05, 4.69) is 22.4 Å². The second-order valence-corrected chi connectivity index (χ2v) is 8.39. The summed E-state index contributed by atoms with van der Waals surface area (Å²) in [4.78, 5) is 26.0. The summed E-state index contributed by atoms with van der Waals surface area (Å²) in [7, 11) is 1.83. The molecule has 1 atom stereocenters. The minimum absolute atomic E-state index is 0.171. The number of thiophene rings is 1. The van der Waals surface area contributed by atoms with Crippen LogP contribution in [-0.2, 0) is 29.4 Å². The third kappa shape index (κ3) is 4.09. The van der Waals surface area contributed by atoms with Crippen molar-refractivity contribution in [1.82, 2.24) is 14.8 Å². The molecule has 1 aliphatic carbocycles. The number of ether oxygens (including phenoxy) is 1. The van der Waals surface area contributed by atoms with E-state index in [1.54, 1.807) is 17.8 Å². The molecule has 0 spiro atoms. The number of anilines is 1. The van der Waals surface area contributed by atoms with Crippen LogP contribution in [0, 0.1) is 5.92 Å². The van der Waals surface area contributed by atoms with Crippen molar-refractivity contribution in [3.8, 4) is 0 Å². The Bertz CT molecular complexity index is 815. The van der Waals surface area contributed by atoms with E-state index in [4.69, 9.17) is 4.74 Å². The van der Waals surface area contributed by atoms with Gasteiger partial charge >= 0.3 is 5.97 Å². The van der Waals surface area contributed by atoms with Crippen LogP contribution in [-0.4, -0.2) is 39.0 Å². The van der Waals surface area contributed by atoms with Gasteiger partial charge in [-0.05, 0) is 37.7 Å². The van der Waals surface area contributed by atoms with Crippen LogP contribution < -0.4 is 5.32 Å². The number of carbonyl (C=O) groups is 2. The number of aryl methyl sites for hydroxylation is 1. The number of thioether (sulfide) groups is 1. The fraction of sp³-hybridized carbons (Fsp3) is 0.529. The average Bonchev–Trinajstić information content (AvgIpc) is 3.15. The monoisotopic (exact) mass is 394 g/mol. The Morgan fingerprint density at radius 2 is 2.31 bits per heavy atom. The van der Waals surface area contributed by atoms with E-state index in [1.165, 1.54) is 28.0 Å². The number of hydrogen-bond donors (Lipinski definition) is 1. The summed E-state index contributed by atoms with van der Waals surface area (Å²) in [6, 6.07) is 0. The Morgan fingerprint density at radius 1 is 1.50 bits per heavy atom. The van der Waals surface area contributed by atoms with Crippen LogP contribution in [0.4, 0.5) is 5.00 Å². The zero-order valence-electron chi connectivity index (χ0n) is 15.1. The predicted molar refractivity (Wildman–Crippen MR) is 102 cm³/mol. The van der Waals surface area contributed by atoms with Crippen molar-refractivity contribution >= 4 is 40.0 Å². The van der Waals surface area contributed by atoms with Crippen molar-refractivity contribution in [1.29, 1.82) is 0 Å². The number of nitrogens with one attached hydrogen (secondary N) is 1. The molecule has 0 aliphatic heterocycles. The van der Waals surface area contributed by atoms with Crippen LogP contribution in [0.3, 0.4) is 0 Å². The van der Waals surface area contributed by atoms with Crippen LogP contribution in [0.1, 0.15) is 41.1 Å². The van der Waals surface area contributed by atoms with Gasteiger partial charge in [0.15, 0.2) is 5.16 Å². The maximum absolute atomic E-state index is 12.5. The Labute approximate surface area is 160 Å². The summed E-state index contributed by atoms with van der Waals surface area (Å²) in [5, 5.41) is 11.9. The van der Waals surface area contributed by atoms with Gasteiger partial charge in [-0.2, -0.15) is 0 Å². The van der Waals surface area contributed by atoms with E-state index < -0.39 is 0 Å². The predicted octanol–water partition coefficient (Wildman–Crippen LogP) is 2.91. The lowest BCUT2D eigenvalue weighted by Crippen LogP contribution is -2.18. The molecule has 0 bridgehead atoms. The Kier molecular flexibility index (Phi) is 5.98. The van der Waals surface area contributed by atoms with Crippen molar-refractivity contribution in [2.75, 3.05) is 17.7 Å². The summed E-state index contributed by atoms with van der Waals surface area (Å²) < 4.78 is 6.98. The molecule has 0 saturated heterocycles. The molecule has 1 N–H and O–H groups in total. The molecule has 2 heterocycles. The van der Waals surface area contributed by atoms with Crippen molar-refractivity contribution < 1.29 is 14.3 Å². The highest BCUT2D eigenvalue weighted by Crippen LogP contribution is 2.40. The van der Waals surface area contributed by atoms with Crippen LogP contribution in [0.25, 0.3) is 0 Å². The molecule has 26 heavy (non-hydrogen) atoms. The van der Waals surface area contributed by atoms with Crippen LogP contribution in [0.15, 0.2) is 11.5 Å². The summed E-state index contributed by atoms with van der Waals surface area (Å²) in [6.45, 7) is 4.31. The van der Waals surface area contributed by atoms with Gasteiger partial charge in [-0.15, -0.1) is 21.5 Å². The first-order valence-corrected chi connectivity index (χ1v) is 10.4. The minimum Gasteiger partial charge on any atom is -0.462 e. The van der Waals surface area contributed by atoms with Gasteiger partial charge in [-0.3, -0.25) is 4.79 Å². The number of hydrogen-bond acceptors (Lipinski definition) is 7. The van der Waals surface area contributed by atoms with Gasteiger partial charge in [-0.25, -0.2) is 4.79 Å². The van der Waals surface area contributed by atoms with E-state index in [0.29, 0.717) is 28.2 Å². The Morgan fingerprint density at radius 3 is 3.00 bits per heavy atom. The number of amides is 1. The molecule has 0 unspecified atom stereocenters. The molecule has 3 rings (SSSR count). The maximum Gasteiger partial charge on any atom is 0.341 e. The first kappa shape index (κ1) is 18.9. The first-order chi connectivity index (χ1) is 12.5. The maximum atomic E-state index is 12.5. The number of fused-ring (bicyclic) bond motifs is 1.